The molecule has 0 radical (unpaired) electrons. The Morgan fingerprint density at radius 3 is 2.50 bits per heavy atom. The van der Waals surface area contributed by atoms with Crippen LogP contribution in [0.1, 0.15) is 45.6 Å². The monoisotopic (exact) mass is 306 g/mol. The Balaban J connectivity index is 2.06. The fraction of sp³-hybridized carbons (Fsp3) is 0.647. The average Bonchev–Trinajstić information content (AvgIpc) is 2.47. The summed E-state index contributed by atoms with van der Waals surface area (Å²) in [5.74, 6) is 0.638. The first kappa shape index (κ1) is 16.7. The third kappa shape index (κ3) is 4.44. The largest absolute Gasteiger partial charge is 0.492 e. The molecule has 0 atom stereocenters. The second-order valence-electron chi connectivity index (χ2n) is 6.94. The van der Waals surface area contributed by atoms with Crippen molar-refractivity contribution in [3.63, 3.8) is 0 Å². The molecule has 5 heteroatoms. The second-order valence-corrected chi connectivity index (χ2v) is 6.94. The van der Waals surface area contributed by atoms with Gasteiger partial charge >= 0.3 is 0 Å². The van der Waals surface area contributed by atoms with Gasteiger partial charge in [0.25, 0.3) is 5.69 Å². The first-order chi connectivity index (χ1) is 10.4. The molecule has 0 spiro atoms. The zero-order valence-corrected chi connectivity index (χ0v) is 13.8. The SMILES string of the molecule is CC(C)(C)c1ccc([N+](=O)[O-])cc1OCCN1CCCCC1. The lowest BCUT2D eigenvalue weighted by atomic mass is 9.86. The first-order valence-electron chi connectivity index (χ1n) is 8.02. The van der Waals surface area contributed by atoms with E-state index in [1.54, 1.807) is 12.1 Å². The third-order valence-electron chi connectivity index (χ3n) is 4.10. The van der Waals surface area contributed by atoms with Crippen LogP contribution in [-0.4, -0.2) is 36.1 Å². The highest BCUT2D eigenvalue weighted by atomic mass is 16.6. The molecular formula is C17H26N2O3. The van der Waals surface area contributed by atoms with E-state index in [0.29, 0.717) is 12.4 Å². The van der Waals surface area contributed by atoms with E-state index in [2.05, 4.69) is 25.7 Å². The molecule has 1 saturated heterocycles. The molecule has 1 aliphatic rings. The van der Waals surface area contributed by atoms with Crippen molar-refractivity contribution in [2.45, 2.75) is 45.4 Å². The summed E-state index contributed by atoms with van der Waals surface area (Å²) in [6.45, 7) is 9.98. The van der Waals surface area contributed by atoms with Gasteiger partial charge in [-0.05, 0) is 43.0 Å². The Hall–Kier alpha value is -1.62. The maximum atomic E-state index is 11.0. The minimum atomic E-state index is -0.371. The van der Waals surface area contributed by atoms with E-state index in [9.17, 15) is 10.1 Å². The third-order valence-corrected chi connectivity index (χ3v) is 4.10. The molecule has 2 rings (SSSR count). The molecule has 22 heavy (non-hydrogen) atoms. The summed E-state index contributed by atoms with van der Waals surface area (Å²) in [5.41, 5.74) is 0.994. The van der Waals surface area contributed by atoms with Gasteiger partial charge in [0, 0.05) is 12.6 Å². The number of nitro benzene ring substituents is 1. The van der Waals surface area contributed by atoms with E-state index >= 15 is 0 Å². The van der Waals surface area contributed by atoms with Gasteiger partial charge in [0.05, 0.1) is 11.0 Å². The normalized spacial score (nSPS) is 16.5. The van der Waals surface area contributed by atoms with Gasteiger partial charge < -0.3 is 4.74 Å². The summed E-state index contributed by atoms with van der Waals surface area (Å²) in [6, 6.07) is 4.92. The van der Waals surface area contributed by atoms with Crippen LogP contribution in [0.4, 0.5) is 5.69 Å². The topological polar surface area (TPSA) is 55.6 Å². The van der Waals surface area contributed by atoms with Crippen molar-refractivity contribution in [1.82, 2.24) is 4.90 Å². The summed E-state index contributed by atoms with van der Waals surface area (Å²) in [5, 5.41) is 11.0. The number of nitrogens with zero attached hydrogens (tertiary/aromatic N) is 2. The molecule has 1 aromatic rings. The van der Waals surface area contributed by atoms with Gasteiger partial charge in [-0.15, -0.1) is 0 Å². The number of benzene rings is 1. The predicted molar refractivity (Wildman–Crippen MR) is 87.6 cm³/mol. The zero-order valence-electron chi connectivity index (χ0n) is 13.8. The van der Waals surface area contributed by atoms with Crippen molar-refractivity contribution in [2.75, 3.05) is 26.2 Å². The summed E-state index contributed by atoms with van der Waals surface area (Å²) in [7, 11) is 0. The molecule has 122 valence electrons. The predicted octanol–water partition coefficient (Wildman–Crippen LogP) is 3.76. The Morgan fingerprint density at radius 1 is 1.23 bits per heavy atom. The minimum absolute atomic E-state index is 0.0842. The minimum Gasteiger partial charge on any atom is -0.492 e. The van der Waals surface area contributed by atoms with Crippen molar-refractivity contribution in [2.24, 2.45) is 0 Å². The molecule has 0 N–H and O–H groups in total. The maximum Gasteiger partial charge on any atom is 0.273 e. The fourth-order valence-electron chi connectivity index (χ4n) is 2.83. The van der Waals surface area contributed by atoms with Crippen LogP contribution < -0.4 is 4.74 Å². The van der Waals surface area contributed by atoms with Gasteiger partial charge in [0.1, 0.15) is 12.4 Å². The molecule has 5 nitrogen and oxygen atoms in total. The second kappa shape index (κ2) is 7.09. The van der Waals surface area contributed by atoms with E-state index < -0.39 is 0 Å². The Kier molecular flexibility index (Phi) is 5.40. The van der Waals surface area contributed by atoms with Crippen LogP contribution in [-0.2, 0) is 5.41 Å². The van der Waals surface area contributed by atoms with Crippen LogP contribution in [0, 0.1) is 10.1 Å². The molecule has 0 unspecified atom stereocenters. The van der Waals surface area contributed by atoms with Crippen LogP contribution >= 0.6 is 0 Å². The molecule has 0 saturated carbocycles. The quantitative estimate of drug-likeness (QED) is 0.614. The first-order valence-corrected chi connectivity index (χ1v) is 8.02. The van der Waals surface area contributed by atoms with Crippen LogP contribution in [0.5, 0.6) is 5.75 Å². The fourth-order valence-corrected chi connectivity index (χ4v) is 2.83. The molecule has 0 bridgehead atoms. The highest BCUT2D eigenvalue weighted by molar-refractivity contribution is 5.47. The van der Waals surface area contributed by atoms with Gasteiger partial charge in [-0.3, -0.25) is 15.0 Å². The lowest BCUT2D eigenvalue weighted by Crippen LogP contribution is -2.33. The number of likely N-dealkylation sites (tertiary alicyclic amines) is 1. The van der Waals surface area contributed by atoms with E-state index in [0.717, 1.165) is 25.2 Å². The molecule has 1 aromatic carbocycles. The standard InChI is InChI=1S/C17H26N2O3/c1-17(2,3)15-8-7-14(19(20)21)13-16(15)22-12-11-18-9-5-4-6-10-18/h7-8,13H,4-6,9-12H2,1-3H3. The number of non-ortho nitro benzene ring substituents is 1. The lowest BCUT2D eigenvalue weighted by Gasteiger charge is -2.27. The molecule has 0 amide bonds. The number of hydrogen-bond acceptors (Lipinski definition) is 4. The van der Waals surface area contributed by atoms with Gasteiger partial charge in [-0.1, -0.05) is 27.2 Å². The van der Waals surface area contributed by atoms with Crippen molar-refractivity contribution in [3.8, 4) is 5.75 Å². The number of hydrogen-bond donors (Lipinski definition) is 0. The van der Waals surface area contributed by atoms with E-state index in [-0.39, 0.29) is 16.0 Å². The summed E-state index contributed by atoms with van der Waals surface area (Å²) in [4.78, 5) is 13.0. The molecule has 1 aliphatic heterocycles. The smallest absolute Gasteiger partial charge is 0.273 e. The summed E-state index contributed by atoms with van der Waals surface area (Å²) in [6.07, 6.45) is 3.82. The zero-order chi connectivity index (χ0) is 16.2. The summed E-state index contributed by atoms with van der Waals surface area (Å²) >= 11 is 0. The molecular weight excluding hydrogens is 280 g/mol. The lowest BCUT2D eigenvalue weighted by molar-refractivity contribution is -0.385. The van der Waals surface area contributed by atoms with Crippen molar-refractivity contribution < 1.29 is 9.66 Å². The van der Waals surface area contributed by atoms with E-state index in [1.165, 1.54) is 19.3 Å². The molecule has 0 aliphatic carbocycles. The number of piperidine rings is 1. The highest BCUT2D eigenvalue weighted by Crippen LogP contribution is 2.34. The van der Waals surface area contributed by atoms with Crippen LogP contribution in [0.2, 0.25) is 0 Å². The number of nitro groups is 1. The van der Waals surface area contributed by atoms with Gasteiger partial charge in [0.2, 0.25) is 0 Å². The maximum absolute atomic E-state index is 11.0. The number of ether oxygens (including phenoxy) is 1. The Morgan fingerprint density at radius 2 is 1.91 bits per heavy atom. The van der Waals surface area contributed by atoms with E-state index in [4.69, 9.17) is 4.74 Å². The van der Waals surface area contributed by atoms with Gasteiger partial charge in [-0.2, -0.15) is 0 Å². The Labute approximate surface area is 132 Å². The van der Waals surface area contributed by atoms with Crippen LogP contribution in [0.15, 0.2) is 18.2 Å². The number of rotatable bonds is 5. The highest BCUT2D eigenvalue weighted by Gasteiger charge is 2.22. The van der Waals surface area contributed by atoms with Gasteiger partial charge in [0.15, 0.2) is 0 Å². The van der Waals surface area contributed by atoms with Gasteiger partial charge in [-0.25, -0.2) is 0 Å². The van der Waals surface area contributed by atoms with Crippen molar-refractivity contribution in [1.29, 1.82) is 0 Å². The van der Waals surface area contributed by atoms with Crippen molar-refractivity contribution >= 4 is 5.69 Å². The van der Waals surface area contributed by atoms with E-state index in [1.807, 2.05) is 6.07 Å². The van der Waals surface area contributed by atoms with Crippen LogP contribution in [0.25, 0.3) is 0 Å². The summed E-state index contributed by atoms with van der Waals surface area (Å²) < 4.78 is 5.91. The van der Waals surface area contributed by atoms with Crippen LogP contribution in [0.3, 0.4) is 0 Å². The molecule has 1 heterocycles. The molecule has 1 fully saturated rings. The Bertz CT molecular complexity index is 517. The molecule has 0 aromatic heterocycles. The average molecular weight is 306 g/mol. The van der Waals surface area contributed by atoms with Crippen molar-refractivity contribution in [3.05, 3.63) is 33.9 Å².